The van der Waals surface area contributed by atoms with Crippen LogP contribution in [0.1, 0.15) is 0 Å². The van der Waals surface area contributed by atoms with E-state index in [1.807, 2.05) is 30.3 Å². The van der Waals surface area contributed by atoms with Crippen LogP contribution in [-0.2, 0) is 0 Å². The first kappa shape index (κ1) is 12.5. The first-order valence-corrected chi connectivity index (χ1v) is 5.82. The maximum Gasteiger partial charge on any atom is 0.574 e. The predicted octanol–water partition coefficient (Wildman–Crippen LogP) is 4.13. The van der Waals surface area contributed by atoms with Crippen LogP contribution in [0.3, 0.4) is 0 Å². The average Bonchev–Trinajstić information content (AvgIpc) is 2.79. The molecule has 0 spiro atoms. The monoisotopic (exact) mass is 278 g/mol. The van der Waals surface area contributed by atoms with E-state index in [-0.39, 0.29) is 5.88 Å². The number of nitrogens with zero attached hydrogens (tertiary/aromatic N) is 1. The molecule has 3 nitrogen and oxygen atoms in total. The van der Waals surface area contributed by atoms with Crippen LogP contribution in [0.15, 0.2) is 48.7 Å². The molecular formula is C14H9F3N2O. The van der Waals surface area contributed by atoms with Gasteiger partial charge in [-0.3, -0.25) is 0 Å². The Morgan fingerprint density at radius 3 is 2.50 bits per heavy atom. The van der Waals surface area contributed by atoms with E-state index < -0.39 is 6.36 Å². The van der Waals surface area contributed by atoms with Crippen molar-refractivity contribution in [2.45, 2.75) is 6.36 Å². The first-order valence-electron chi connectivity index (χ1n) is 5.82. The lowest BCUT2D eigenvalue weighted by atomic mass is 10.0. The molecule has 0 aliphatic carbocycles. The molecule has 0 fully saturated rings. The number of fused-ring (bicyclic) bond motifs is 1. The minimum absolute atomic E-state index is 0.352. The Labute approximate surface area is 112 Å². The maximum absolute atomic E-state index is 12.2. The van der Waals surface area contributed by atoms with Gasteiger partial charge >= 0.3 is 6.36 Å². The van der Waals surface area contributed by atoms with E-state index in [9.17, 15) is 13.2 Å². The van der Waals surface area contributed by atoms with Crippen molar-refractivity contribution in [3.63, 3.8) is 0 Å². The largest absolute Gasteiger partial charge is 0.574 e. The minimum Gasteiger partial charge on any atom is -0.390 e. The van der Waals surface area contributed by atoms with Crippen LogP contribution < -0.4 is 4.74 Å². The van der Waals surface area contributed by atoms with Gasteiger partial charge in [-0.05, 0) is 17.2 Å². The maximum atomic E-state index is 12.2. The van der Waals surface area contributed by atoms with Crippen molar-refractivity contribution >= 4 is 11.0 Å². The Balaban J connectivity index is 2.11. The molecule has 0 aliphatic rings. The Morgan fingerprint density at radius 1 is 1.05 bits per heavy atom. The molecule has 20 heavy (non-hydrogen) atoms. The molecular weight excluding hydrogens is 269 g/mol. The number of rotatable bonds is 2. The number of ether oxygens (including phenoxy) is 1. The molecule has 1 aromatic carbocycles. The van der Waals surface area contributed by atoms with Crippen molar-refractivity contribution in [3.8, 4) is 17.0 Å². The molecule has 2 heterocycles. The number of benzene rings is 1. The Morgan fingerprint density at radius 2 is 1.80 bits per heavy atom. The summed E-state index contributed by atoms with van der Waals surface area (Å²) < 4.78 is 40.6. The number of aromatic nitrogens is 2. The van der Waals surface area contributed by atoms with Gasteiger partial charge < -0.3 is 9.72 Å². The zero-order valence-electron chi connectivity index (χ0n) is 10.1. The molecule has 3 rings (SSSR count). The third-order valence-corrected chi connectivity index (χ3v) is 2.82. The van der Waals surface area contributed by atoms with Gasteiger partial charge in [-0.25, -0.2) is 4.98 Å². The summed E-state index contributed by atoms with van der Waals surface area (Å²) in [7, 11) is 0. The molecule has 0 bridgehead atoms. The van der Waals surface area contributed by atoms with Crippen molar-refractivity contribution in [2.75, 3.05) is 0 Å². The van der Waals surface area contributed by atoms with E-state index in [2.05, 4.69) is 14.7 Å². The van der Waals surface area contributed by atoms with Crippen LogP contribution in [0.2, 0.25) is 0 Å². The summed E-state index contributed by atoms with van der Waals surface area (Å²) in [6.07, 6.45) is -3.19. The number of H-pyrrole nitrogens is 1. The highest BCUT2D eigenvalue weighted by Gasteiger charge is 2.32. The molecule has 0 amide bonds. The van der Waals surface area contributed by atoms with Gasteiger partial charge in [0.2, 0.25) is 5.88 Å². The van der Waals surface area contributed by atoms with Crippen LogP contribution in [0.4, 0.5) is 13.2 Å². The molecule has 102 valence electrons. The second kappa shape index (κ2) is 4.56. The molecule has 0 atom stereocenters. The van der Waals surface area contributed by atoms with Gasteiger partial charge in [-0.1, -0.05) is 30.3 Å². The van der Waals surface area contributed by atoms with E-state index >= 15 is 0 Å². The van der Waals surface area contributed by atoms with Gasteiger partial charge in [0.1, 0.15) is 5.65 Å². The Kier molecular flexibility index (Phi) is 2.85. The summed E-state index contributed by atoms with van der Waals surface area (Å²) in [5.41, 5.74) is 2.05. The number of aromatic amines is 1. The lowest BCUT2D eigenvalue weighted by molar-refractivity contribution is -0.275. The van der Waals surface area contributed by atoms with Crippen LogP contribution >= 0.6 is 0 Å². The normalized spacial score (nSPS) is 11.8. The topological polar surface area (TPSA) is 37.9 Å². The highest BCUT2D eigenvalue weighted by atomic mass is 19.4. The fourth-order valence-electron chi connectivity index (χ4n) is 2.05. The van der Waals surface area contributed by atoms with Crippen LogP contribution in [0.25, 0.3) is 22.2 Å². The third-order valence-electron chi connectivity index (χ3n) is 2.82. The van der Waals surface area contributed by atoms with Gasteiger partial charge in [-0.2, -0.15) is 0 Å². The van der Waals surface area contributed by atoms with Crippen molar-refractivity contribution < 1.29 is 17.9 Å². The van der Waals surface area contributed by atoms with Gasteiger partial charge in [0.15, 0.2) is 0 Å². The van der Waals surface area contributed by atoms with E-state index in [1.165, 1.54) is 6.07 Å². The zero-order chi connectivity index (χ0) is 14.2. The second-order valence-corrected chi connectivity index (χ2v) is 4.17. The summed E-state index contributed by atoms with van der Waals surface area (Å²) in [5, 5.41) is 0.581. The Bertz CT molecular complexity index is 735. The standard InChI is InChI=1S/C14H9F3N2O/c15-14(16,17)20-12-8-11-10(6-7-18-13(11)19-12)9-4-2-1-3-5-9/h1-8H,(H,18,19). The quantitative estimate of drug-likeness (QED) is 0.765. The summed E-state index contributed by atoms with van der Waals surface area (Å²) >= 11 is 0. The summed E-state index contributed by atoms with van der Waals surface area (Å²) in [5.74, 6) is -0.372. The van der Waals surface area contributed by atoms with E-state index in [0.29, 0.717) is 11.0 Å². The molecule has 0 saturated heterocycles. The second-order valence-electron chi connectivity index (χ2n) is 4.17. The van der Waals surface area contributed by atoms with Gasteiger partial charge in [-0.15, -0.1) is 13.2 Å². The van der Waals surface area contributed by atoms with Gasteiger partial charge in [0.25, 0.3) is 0 Å². The van der Waals surface area contributed by atoms with E-state index in [1.54, 1.807) is 12.3 Å². The minimum atomic E-state index is -4.73. The van der Waals surface area contributed by atoms with Crippen molar-refractivity contribution in [1.29, 1.82) is 0 Å². The molecule has 0 unspecified atom stereocenters. The number of hydrogen-bond acceptors (Lipinski definition) is 2. The van der Waals surface area contributed by atoms with Crippen LogP contribution in [0.5, 0.6) is 5.88 Å². The molecule has 0 radical (unpaired) electrons. The Hall–Kier alpha value is -2.50. The summed E-state index contributed by atoms with van der Waals surface area (Å²) in [6.45, 7) is 0. The molecule has 3 aromatic rings. The van der Waals surface area contributed by atoms with Crippen LogP contribution in [-0.4, -0.2) is 16.3 Å². The number of halogens is 3. The summed E-state index contributed by atoms with van der Waals surface area (Å²) in [4.78, 5) is 6.52. The highest BCUT2D eigenvalue weighted by molar-refractivity contribution is 5.93. The summed E-state index contributed by atoms with van der Waals surface area (Å²) in [6, 6.07) is 12.4. The van der Waals surface area contributed by atoms with Crippen molar-refractivity contribution in [2.24, 2.45) is 0 Å². The van der Waals surface area contributed by atoms with Crippen molar-refractivity contribution in [1.82, 2.24) is 9.97 Å². The lowest BCUT2D eigenvalue weighted by Crippen LogP contribution is -2.17. The predicted molar refractivity (Wildman–Crippen MR) is 68.2 cm³/mol. The average molecular weight is 278 g/mol. The van der Waals surface area contributed by atoms with E-state index in [0.717, 1.165) is 11.1 Å². The number of alkyl halides is 3. The fraction of sp³-hybridized carbons (Fsp3) is 0.0714. The van der Waals surface area contributed by atoms with Crippen LogP contribution in [0, 0.1) is 0 Å². The number of pyridine rings is 1. The third kappa shape index (κ3) is 2.45. The lowest BCUT2D eigenvalue weighted by Gasteiger charge is -2.04. The number of hydrogen-bond donors (Lipinski definition) is 1. The number of nitrogens with one attached hydrogen (secondary N) is 1. The van der Waals surface area contributed by atoms with Gasteiger partial charge in [0.05, 0.1) is 0 Å². The van der Waals surface area contributed by atoms with Gasteiger partial charge in [0, 0.05) is 17.6 Å². The molecule has 1 N–H and O–H groups in total. The zero-order valence-corrected chi connectivity index (χ0v) is 10.1. The fourth-order valence-corrected chi connectivity index (χ4v) is 2.05. The van der Waals surface area contributed by atoms with E-state index in [4.69, 9.17) is 0 Å². The SMILES string of the molecule is FC(F)(F)Oc1cc2c(-c3ccccc3)ccnc2[nH]1. The van der Waals surface area contributed by atoms with Crippen molar-refractivity contribution in [3.05, 3.63) is 48.7 Å². The highest BCUT2D eigenvalue weighted by Crippen LogP contribution is 2.31. The smallest absolute Gasteiger partial charge is 0.390 e. The molecule has 2 aromatic heterocycles. The molecule has 0 saturated carbocycles. The molecule has 6 heteroatoms. The first-order chi connectivity index (χ1) is 9.53. The molecule has 0 aliphatic heterocycles.